The summed E-state index contributed by atoms with van der Waals surface area (Å²) in [5.41, 5.74) is 1.36. The van der Waals surface area contributed by atoms with E-state index in [-0.39, 0.29) is 24.3 Å². The molecular weight excluding hydrogens is 465 g/mol. The number of nitrogens with zero attached hydrogens (tertiary/aromatic N) is 1. The Balaban J connectivity index is 1.72. The van der Waals surface area contributed by atoms with Gasteiger partial charge in [0.15, 0.2) is 0 Å². The van der Waals surface area contributed by atoms with Gasteiger partial charge >= 0.3 is 12.0 Å². The molecular formula is C24H27Cl2N3O4. The molecule has 2 aromatic rings. The van der Waals surface area contributed by atoms with Crippen LogP contribution >= 0.6 is 23.2 Å². The van der Waals surface area contributed by atoms with E-state index in [9.17, 15) is 14.4 Å². The summed E-state index contributed by atoms with van der Waals surface area (Å²) in [5.74, 6) is -0.887. The second-order valence-corrected chi connectivity index (χ2v) is 8.66. The number of anilines is 1. The smallest absolute Gasteiger partial charge is 0.319 e. The average molecular weight is 492 g/mol. The van der Waals surface area contributed by atoms with Gasteiger partial charge < -0.3 is 20.3 Å². The summed E-state index contributed by atoms with van der Waals surface area (Å²) in [7, 11) is 0. The van der Waals surface area contributed by atoms with Crippen molar-refractivity contribution in [1.29, 1.82) is 0 Å². The van der Waals surface area contributed by atoms with Gasteiger partial charge in [-0.3, -0.25) is 9.59 Å². The highest BCUT2D eigenvalue weighted by Crippen LogP contribution is 2.25. The third kappa shape index (κ3) is 7.11. The van der Waals surface area contributed by atoms with Crippen LogP contribution in [-0.2, 0) is 20.7 Å². The maximum atomic E-state index is 13.4. The number of halogens is 2. The van der Waals surface area contributed by atoms with Crippen LogP contribution in [0.2, 0.25) is 10.0 Å². The predicted octanol–water partition coefficient (Wildman–Crippen LogP) is 4.53. The lowest BCUT2D eigenvalue weighted by Gasteiger charge is -2.34. The number of hydrogen-bond acceptors (Lipinski definition) is 4. The van der Waals surface area contributed by atoms with Crippen LogP contribution in [0.5, 0.6) is 0 Å². The zero-order chi connectivity index (χ0) is 23.8. The van der Waals surface area contributed by atoms with Gasteiger partial charge in [-0.15, -0.1) is 0 Å². The van der Waals surface area contributed by atoms with E-state index in [1.165, 1.54) is 6.07 Å². The molecule has 0 bridgehead atoms. The fourth-order valence-electron chi connectivity index (χ4n) is 3.80. The van der Waals surface area contributed by atoms with Gasteiger partial charge in [-0.2, -0.15) is 0 Å². The van der Waals surface area contributed by atoms with E-state index in [1.807, 2.05) is 30.3 Å². The van der Waals surface area contributed by atoms with Gasteiger partial charge in [0.1, 0.15) is 6.04 Å². The van der Waals surface area contributed by atoms with E-state index >= 15 is 0 Å². The summed E-state index contributed by atoms with van der Waals surface area (Å²) >= 11 is 12.0. The highest BCUT2D eigenvalue weighted by atomic mass is 35.5. The Kier molecular flexibility index (Phi) is 8.97. The first-order valence-electron chi connectivity index (χ1n) is 10.9. The number of carbonyl (C=O) groups is 3. The van der Waals surface area contributed by atoms with Crippen LogP contribution in [0.15, 0.2) is 48.5 Å². The number of likely N-dealkylation sites (tertiary alicyclic amines) is 1. The first-order valence-corrected chi connectivity index (χ1v) is 11.6. The molecule has 3 rings (SSSR count). The van der Waals surface area contributed by atoms with Crippen LogP contribution in [0.1, 0.15) is 25.3 Å². The third-order valence-electron chi connectivity index (χ3n) is 5.42. The normalized spacial score (nSPS) is 16.6. The van der Waals surface area contributed by atoms with E-state index in [0.717, 1.165) is 5.56 Å². The lowest BCUT2D eigenvalue weighted by Crippen LogP contribution is -2.53. The molecule has 2 unspecified atom stereocenters. The minimum absolute atomic E-state index is 0.239. The summed E-state index contributed by atoms with van der Waals surface area (Å²) < 4.78 is 5.14. The van der Waals surface area contributed by atoms with Crippen LogP contribution in [0.25, 0.3) is 0 Å². The molecule has 9 heteroatoms. The fourth-order valence-corrected chi connectivity index (χ4v) is 4.10. The molecule has 1 saturated heterocycles. The molecule has 33 heavy (non-hydrogen) atoms. The van der Waals surface area contributed by atoms with Crippen molar-refractivity contribution in [3.05, 3.63) is 64.1 Å². The molecule has 0 aliphatic carbocycles. The summed E-state index contributed by atoms with van der Waals surface area (Å²) in [6.07, 6.45) is 1.69. The standard InChI is InChI=1S/C24H27Cl2N3O4/c1-2-33-23(31)17-9-6-12-29(15-17)22(30)21(13-16-7-4-3-5-8-16)28-24(32)27-18-10-11-19(25)20(26)14-18/h3-5,7-8,10-11,14,17,21H,2,6,9,12-13,15H2,1H3,(H2,27,28,32). The Labute approximate surface area is 203 Å². The highest BCUT2D eigenvalue weighted by molar-refractivity contribution is 6.42. The number of rotatable bonds is 7. The molecule has 7 nitrogen and oxygen atoms in total. The number of benzene rings is 2. The molecule has 1 heterocycles. The maximum Gasteiger partial charge on any atom is 0.319 e. The summed E-state index contributed by atoms with van der Waals surface area (Å²) in [4.78, 5) is 40.0. The number of carbonyl (C=O) groups excluding carboxylic acids is 3. The SMILES string of the molecule is CCOC(=O)C1CCCN(C(=O)C(Cc2ccccc2)NC(=O)Nc2ccc(Cl)c(Cl)c2)C1. The first kappa shape index (κ1) is 24.9. The van der Waals surface area contributed by atoms with Crippen LogP contribution in [-0.4, -0.2) is 48.5 Å². The lowest BCUT2D eigenvalue weighted by molar-refractivity contribution is -0.151. The van der Waals surface area contributed by atoms with E-state index in [2.05, 4.69) is 10.6 Å². The second-order valence-electron chi connectivity index (χ2n) is 7.85. The topological polar surface area (TPSA) is 87.7 Å². The molecule has 1 fully saturated rings. The molecule has 2 atom stereocenters. The molecule has 0 aromatic heterocycles. The summed E-state index contributed by atoms with van der Waals surface area (Å²) in [5, 5.41) is 6.16. The Hall–Kier alpha value is -2.77. The summed E-state index contributed by atoms with van der Waals surface area (Å²) in [6.45, 7) is 2.86. The molecule has 2 aromatic carbocycles. The zero-order valence-electron chi connectivity index (χ0n) is 18.4. The minimum Gasteiger partial charge on any atom is -0.466 e. The molecule has 2 N–H and O–H groups in total. The van der Waals surface area contributed by atoms with Crippen molar-refractivity contribution >= 4 is 46.8 Å². The Morgan fingerprint density at radius 2 is 1.88 bits per heavy atom. The molecule has 3 amide bonds. The molecule has 0 saturated carbocycles. The van der Waals surface area contributed by atoms with Gasteiger partial charge in [-0.05, 0) is 43.5 Å². The fraction of sp³-hybridized carbons (Fsp3) is 0.375. The van der Waals surface area contributed by atoms with Crippen molar-refractivity contribution in [2.24, 2.45) is 5.92 Å². The number of urea groups is 1. The van der Waals surface area contributed by atoms with Gasteiger partial charge in [0.2, 0.25) is 5.91 Å². The van der Waals surface area contributed by atoms with Crippen molar-refractivity contribution in [3.8, 4) is 0 Å². The predicted molar refractivity (Wildman–Crippen MR) is 128 cm³/mol. The van der Waals surface area contributed by atoms with Crippen LogP contribution in [0.3, 0.4) is 0 Å². The Morgan fingerprint density at radius 3 is 2.58 bits per heavy atom. The number of ether oxygens (including phenoxy) is 1. The van der Waals surface area contributed by atoms with Crippen molar-refractivity contribution in [1.82, 2.24) is 10.2 Å². The maximum absolute atomic E-state index is 13.4. The zero-order valence-corrected chi connectivity index (χ0v) is 19.9. The van der Waals surface area contributed by atoms with E-state index in [1.54, 1.807) is 24.0 Å². The first-order chi connectivity index (χ1) is 15.9. The number of esters is 1. The van der Waals surface area contributed by atoms with Gasteiger partial charge in [-0.25, -0.2) is 4.79 Å². The minimum atomic E-state index is -0.809. The number of amides is 3. The third-order valence-corrected chi connectivity index (χ3v) is 6.16. The quantitative estimate of drug-likeness (QED) is 0.557. The van der Waals surface area contributed by atoms with Crippen molar-refractivity contribution in [3.63, 3.8) is 0 Å². The van der Waals surface area contributed by atoms with Crippen molar-refractivity contribution in [2.45, 2.75) is 32.2 Å². The van der Waals surface area contributed by atoms with Crippen LogP contribution in [0.4, 0.5) is 10.5 Å². The van der Waals surface area contributed by atoms with Crippen LogP contribution < -0.4 is 10.6 Å². The van der Waals surface area contributed by atoms with Gasteiger partial charge in [-0.1, -0.05) is 53.5 Å². The summed E-state index contributed by atoms with van der Waals surface area (Å²) in [6, 6.07) is 12.8. The second kappa shape index (κ2) is 11.9. The Morgan fingerprint density at radius 1 is 1.12 bits per heavy atom. The number of nitrogens with one attached hydrogen (secondary N) is 2. The molecule has 1 aliphatic heterocycles. The lowest BCUT2D eigenvalue weighted by atomic mass is 9.96. The Bertz CT molecular complexity index is 987. The van der Waals surface area contributed by atoms with E-state index < -0.39 is 12.1 Å². The van der Waals surface area contributed by atoms with E-state index in [4.69, 9.17) is 27.9 Å². The average Bonchev–Trinajstić information content (AvgIpc) is 2.81. The molecule has 1 aliphatic rings. The largest absolute Gasteiger partial charge is 0.466 e. The van der Waals surface area contributed by atoms with Gasteiger partial charge in [0.25, 0.3) is 0 Å². The van der Waals surface area contributed by atoms with Gasteiger partial charge in [0, 0.05) is 25.2 Å². The molecule has 0 radical (unpaired) electrons. The van der Waals surface area contributed by atoms with Crippen molar-refractivity contribution in [2.75, 3.05) is 25.0 Å². The highest BCUT2D eigenvalue weighted by Gasteiger charge is 2.33. The molecule has 0 spiro atoms. The molecule has 176 valence electrons. The monoisotopic (exact) mass is 491 g/mol. The van der Waals surface area contributed by atoms with E-state index in [0.29, 0.717) is 48.1 Å². The number of hydrogen-bond donors (Lipinski definition) is 2. The number of piperidine rings is 1. The van der Waals surface area contributed by atoms with Crippen LogP contribution in [0, 0.1) is 5.92 Å². The van der Waals surface area contributed by atoms with Crippen molar-refractivity contribution < 1.29 is 19.1 Å². The van der Waals surface area contributed by atoms with Gasteiger partial charge in [0.05, 0.1) is 22.6 Å².